The van der Waals surface area contributed by atoms with E-state index < -0.39 is 5.97 Å². The summed E-state index contributed by atoms with van der Waals surface area (Å²) in [7, 11) is 0. The third-order valence-electron chi connectivity index (χ3n) is 2.02. The molecule has 0 radical (unpaired) electrons. The maximum atomic E-state index is 13.2. The summed E-state index contributed by atoms with van der Waals surface area (Å²) < 4.78 is 18.0. The lowest BCUT2D eigenvalue weighted by molar-refractivity contribution is 0.0525. The first kappa shape index (κ1) is 12.0. The van der Waals surface area contributed by atoms with E-state index in [0.717, 1.165) is 0 Å². The van der Waals surface area contributed by atoms with Crippen LogP contribution in [0.25, 0.3) is 0 Å². The van der Waals surface area contributed by atoms with E-state index in [9.17, 15) is 9.18 Å². The molecule has 0 fully saturated rings. The number of hydrogen-bond acceptors (Lipinski definition) is 2. The van der Waals surface area contributed by atoms with Gasteiger partial charge < -0.3 is 4.74 Å². The lowest BCUT2D eigenvalue weighted by atomic mass is 10.1. The fourth-order valence-electron chi connectivity index (χ4n) is 1.23. The van der Waals surface area contributed by atoms with Crippen LogP contribution in [0.2, 0.25) is 0 Å². The van der Waals surface area contributed by atoms with Crippen LogP contribution < -0.4 is 0 Å². The number of esters is 1. The molecule has 0 saturated heterocycles. The van der Waals surface area contributed by atoms with Crippen molar-refractivity contribution in [1.82, 2.24) is 0 Å². The van der Waals surface area contributed by atoms with Crippen molar-refractivity contribution < 1.29 is 13.9 Å². The standard InChI is InChI=1S/C11H12ClFO2/c1-3-15-11(14)9-4-7(2)10(13)5-8(9)6-12/h4-5H,3,6H2,1-2H3. The Balaban J connectivity index is 3.15. The Morgan fingerprint density at radius 2 is 2.20 bits per heavy atom. The first-order valence-electron chi connectivity index (χ1n) is 4.62. The van der Waals surface area contributed by atoms with Gasteiger partial charge in [-0.3, -0.25) is 0 Å². The van der Waals surface area contributed by atoms with E-state index in [1.807, 2.05) is 0 Å². The SMILES string of the molecule is CCOC(=O)c1cc(C)c(F)cc1CCl. The molecule has 0 aromatic heterocycles. The second-order valence-corrected chi connectivity index (χ2v) is 3.38. The van der Waals surface area contributed by atoms with Gasteiger partial charge in [-0.05, 0) is 37.1 Å². The molecule has 1 aromatic carbocycles. The Kier molecular flexibility index (Phi) is 4.09. The molecule has 15 heavy (non-hydrogen) atoms. The van der Waals surface area contributed by atoms with Crippen LogP contribution in [0.15, 0.2) is 12.1 Å². The van der Waals surface area contributed by atoms with Crippen molar-refractivity contribution in [3.63, 3.8) is 0 Å². The molecule has 1 rings (SSSR count). The highest BCUT2D eigenvalue weighted by atomic mass is 35.5. The zero-order valence-corrected chi connectivity index (χ0v) is 9.40. The van der Waals surface area contributed by atoms with Gasteiger partial charge in [0.1, 0.15) is 5.82 Å². The predicted molar refractivity (Wildman–Crippen MR) is 56.7 cm³/mol. The number of benzene rings is 1. The van der Waals surface area contributed by atoms with Gasteiger partial charge in [-0.15, -0.1) is 11.6 Å². The molecule has 0 amide bonds. The van der Waals surface area contributed by atoms with Gasteiger partial charge in [0.15, 0.2) is 0 Å². The maximum Gasteiger partial charge on any atom is 0.338 e. The van der Waals surface area contributed by atoms with E-state index in [2.05, 4.69) is 0 Å². The molecule has 0 aliphatic heterocycles. The minimum absolute atomic E-state index is 0.0886. The van der Waals surface area contributed by atoms with Gasteiger partial charge in [-0.2, -0.15) is 0 Å². The number of carbonyl (C=O) groups excluding carboxylic acids is 1. The summed E-state index contributed by atoms with van der Waals surface area (Å²) in [6.07, 6.45) is 0. The van der Waals surface area contributed by atoms with Gasteiger partial charge in [0, 0.05) is 5.88 Å². The Hall–Kier alpha value is -1.09. The summed E-state index contributed by atoms with van der Waals surface area (Å²) in [5, 5.41) is 0. The van der Waals surface area contributed by atoms with Gasteiger partial charge >= 0.3 is 5.97 Å². The molecule has 0 spiro atoms. The van der Waals surface area contributed by atoms with Crippen LogP contribution in [0.3, 0.4) is 0 Å². The summed E-state index contributed by atoms with van der Waals surface area (Å²) in [5.41, 5.74) is 1.20. The van der Waals surface area contributed by atoms with E-state index >= 15 is 0 Å². The Labute approximate surface area is 93.0 Å². The zero-order chi connectivity index (χ0) is 11.4. The largest absolute Gasteiger partial charge is 0.462 e. The fraction of sp³-hybridized carbons (Fsp3) is 0.364. The number of halogens is 2. The van der Waals surface area contributed by atoms with E-state index in [1.54, 1.807) is 13.8 Å². The summed E-state index contributed by atoms with van der Waals surface area (Å²) in [5.74, 6) is -0.735. The van der Waals surface area contributed by atoms with Crippen molar-refractivity contribution in [3.8, 4) is 0 Å². The molecule has 82 valence electrons. The van der Waals surface area contributed by atoms with Gasteiger partial charge in [-0.1, -0.05) is 0 Å². The molecule has 0 aliphatic carbocycles. The maximum absolute atomic E-state index is 13.2. The minimum atomic E-state index is -0.462. The number of hydrogen-bond donors (Lipinski definition) is 0. The van der Waals surface area contributed by atoms with E-state index in [0.29, 0.717) is 16.7 Å². The van der Waals surface area contributed by atoms with Gasteiger partial charge in [0.25, 0.3) is 0 Å². The minimum Gasteiger partial charge on any atom is -0.462 e. The molecule has 0 atom stereocenters. The molecular weight excluding hydrogens is 219 g/mol. The number of carbonyl (C=O) groups is 1. The highest BCUT2D eigenvalue weighted by Crippen LogP contribution is 2.18. The fourth-order valence-corrected chi connectivity index (χ4v) is 1.45. The van der Waals surface area contributed by atoms with Crippen molar-refractivity contribution in [3.05, 3.63) is 34.6 Å². The summed E-state index contributed by atoms with van der Waals surface area (Å²) in [6.45, 7) is 3.60. The summed E-state index contributed by atoms with van der Waals surface area (Å²) >= 11 is 5.63. The number of rotatable bonds is 3. The van der Waals surface area contributed by atoms with Crippen molar-refractivity contribution in [1.29, 1.82) is 0 Å². The van der Waals surface area contributed by atoms with Gasteiger partial charge in [0.05, 0.1) is 12.2 Å². The Morgan fingerprint density at radius 3 is 2.73 bits per heavy atom. The summed E-state index contributed by atoms with van der Waals surface area (Å²) in [4.78, 5) is 11.5. The van der Waals surface area contributed by atoms with Crippen molar-refractivity contribution in [2.45, 2.75) is 19.7 Å². The molecule has 1 aromatic rings. The lowest BCUT2D eigenvalue weighted by Gasteiger charge is -2.08. The topological polar surface area (TPSA) is 26.3 Å². The van der Waals surface area contributed by atoms with Crippen LogP contribution >= 0.6 is 11.6 Å². The monoisotopic (exact) mass is 230 g/mol. The normalized spacial score (nSPS) is 10.1. The number of ether oxygens (including phenoxy) is 1. The van der Waals surface area contributed by atoms with Crippen LogP contribution in [0.5, 0.6) is 0 Å². The van der Waals surface area contributed by atoms with Crippen LogP contribution in [0.1, 0.15) is 28.4 Å². The second-order valence-electron chi connectivity index (χ2n) is 3.11. The van der Waals surface area contributed by atoms with Crippen LogP contribution in [-0.4, -0.2) is 12.6 Å². The predicted octanol–water partition coefficient (Wildman–Crippen LogP) is 3.05. The van der Waals surface area contributed by atoms with Crippen LogP contribution in [0.4, 0.5) is 4.39 Å². The molecule has 0 saturated carbocycles. The van der Waals surface area contributed by atoms with Crippen molar-refractivity contribution >= 4 is 17.6 Å². The first-order chi connectivity index (χ1) is 7.10. The van der Waals surface area contributed by atoms with E-state index in [-0.39, 0.29) is 18.3 Å². The zero-order valence-electron chi connectivity index (χ0n) is 8.64. The molecule has 0 bridgehead atoms. The van der Waals surface area contributed by atoms with Crippen molar-refractivity contribution in [2.24, 2.45) is 0 Å². The van der Waals surface area contributed by atoms with Gasteiger partial charge in [-0.25, -0.2) is 9.18 Å². The Morgan fingerprint density at radius 1 is 1.53 bits per heavy atom. The molecular formula is C11H12ClFO2. The first-order valence-corrected chi connectivity index (χ1v) is 5.15. The molecule has 0 unspecified atom stereocenters. The number of aryl methyl sites for hydroxylation is 1. The molecule has 0 N–H and O–H groups in total. The molecule has 4 heteroatoms. The Bertz CT molecular complexity index is 377. The van der Waals surface area contributed by atoms with Crippen LogP contribution in [-0.2, 0) is 10.6 Å². The molecule has 0 heterocycles. The quantitative estimate of drug-likeness (QED) is 0.589. The highest BCUT2D eigenvalue weighted by Gasteiger charge is 2.14. The van der Waals surface area contributed by atoms with Crippen LogP contribution in [0, 0.1) is 12.7 Å². The third kappa shape index (κ3) is 2.69. The lowest BCUT2D eigenvalue weighted by Crippen LogP contribution is -2.08. The smallest absolute Gasteiger partial charge is 0.338 e. The van der Waals surface area contributed by atoms with Crippen molar-refractivity contribution in [2.75, 3.05) is 6.61 Å². The highest BCUT2D eigenvalue weighted by molar-refractivity contribution is 6.17. The average Bonchev–Trinajstić information content (AvgIpc) is 2.21. The summed E-state index contributed by atoms with van der Waals surface area (Å²) in [6, 6.07) is 2.74. The van der Waals surface area contributed by atoms with E-state index in [1.165, 1.54) is 12.1 Å². The number of alkyl halides is 1. The molecule has 0 aliphatic rings. The second kappa shape index (κ2) is 5.12. The molecule has 2 nitrogen and oxygen atoms in total. The van der Waals surface area contributed by atoms with Gasteiger partial charge in [0.2, 0.25) is 0 Å². The third-order valence-corrected chi connectivity index (χ3v) is 2.31. The van der Waals surface area contributed by atoms with E-state index in [4.69, 9.17) is 16.3 Å². The average molecular weight is 231 g/mol.